The maximum Gasteiger partial charge on any atom is 0.183 e. The lowest BCUT2D eigenvalue weighted by atomic mass is 10.2. The van der Waals surface area contributed by atoms with Crippen LogP contribution in [0.15, 0.2) is 48.8 Å². The van der Waals surface area contributed by atoms with Gasteiger partial charge in [0.1, 0.15) is 0 Å². The fourth-order valence-electron chi connectivity index (χ4n) is 1.46. The number of pyridine rings is 2. The van der Waals surface area contributed by atoms with Gasteiger partial charge in [-0.1, -0.05) is 12.1 Å². The summed E-state index contributed by atoms with van der Waals surface area (Å²) in [4.78, 5) is 10.1. The van der Waals surface area contributed by atoms with Crippen molar-refractivity contribution in [3.05, 3.63) is 60.2 Å². The summed E-state index contributed by atoms with van der Waals surface area (Å²) in [5.41, 5.74) is 1.92. The number of hydrogen-bond acceptors (Lipinski definition) is 3. The van der Waals surface area contributed by atoms with Crippen LogP contribution in [0, 0.1) is 0 Å². The molecule has 0 aliphatic rings. The van der Waals surface area contributed by atoms with Crippen molar-refractivity contribution in [1.82, 2.24) is 14.8 Å². The third-order valence-electron chi connectivity index (χ3n) is 2.18. The smallest absolute Gasteiger partial charge is 0.183 e. The van der Waals surface area contributed by atoms with Gasteiger partial charge in [0.2, 0.25) is 0 Å². The first-order chi connectivity index (χ1) is 7.84. The number of hydrogen-bond donors (Lipinski definition) is 0. The SMILES string of the molecule is [B]N(Cc1ccccn1)Cc1ccccn1. The molecule has 0 aliphatic heterocycles. The molecule has 16 heavy (non-hydrogen) atoms. The van der Waals surface area contributed by atoms with E-state index in [9.17, 15) is 0 Å². The molecule has 0 aromatic carbocycles. The lowest BCUT2D eigenvalue weighted by Crippen LogP contribution is -2.20. The van der Waals surface area contributed by atoms with Gasteiger partial charge in [0.05, 0.1) is 11.4 Å². The second-order valence-electron chi connectivity index (χ2n) is 3.55. The maximum atomic E-state index is 5.89. The number of aromatic nitrogens is 2. The zero-order valence-corrected chi connectivity index (χ0v) is 8.95. The van der Waals surface area contributed by atoms with Gasteiger partial charge in [-0.3, -0.25) is 9.97 Å². The van der Waals surface area contributed by atoms with Gasteiger partial charge in [-0.05, 0) is 24.3 Å². The highest BCUT2D eigenvalue weighted by molar-refractivity contribution is 6.04. The lowest BCUT2D eigenvalue weighted by molar-refractivity contribution is 0.431. The molecule has 78 valence electrons. The lowest BCUT2D eigenvalue weighted by Gasteiger charge is -2.15. The fourth-order valence-corrected chi connectivity index (χ4v) is 1.46. The predicted molar refractivity (Wildman–Crippen MR) is 63.5 cm³/mol. The zero-order valence-electron chi connectivity index (χ0n) is 8.95. The standard InChI is InChI=1S/C12H12BN3/c13-16(9-11-5-1-3-7-14-11)10-12-6-2-4-8-15-12/h1-8H,9-10H2. The summed E-state index contributed by atoms with van der Waals surface area (Å²) in [6, 6.07) is 11.6. The van der Waals surface area contributed by atoms with Crippen LogP contribution >= 0.6 is 0 Å². The van der Waals surface area contributed by atoms with Crippen LogP contribution in [0.2, 0.25) is 0 Å². The Kier molecular flexibility index (Phi) is 3.67. The van der Waals surface area contributed by atoms with Crippen molar-refractivity contribution < 1.29 is 0 Å². The molecule has 0 unspecified atom stereocenters. The van der Waals surface area contributed by atoms with Gasteiger partial charge in [0.25, 0.3) is 0 Å². The molecular weight excluding hydrogens is 197 g/mol. The van der Waals surface area contributed by atoms with Crippen molar-refractivity contribution >= 4 is 7.98 Å². The Morgan fingerprint density at radius 3 is 1.75 bits per heavy atom. The first-order valence-corrected chi connectivity index (χ1v) is 5.14. The quantitative estimate of drug-likeness (QED) is 0.715. The molecule has 2 radical (unpaired) electrons. The summed E-state index contributed by atoms with van der Waals surface area (Å²) in [6.07, 6.45) is 3.54. The van der Waals surface area contributed by atoms with E-state index in [0.29, 0.717) is 13.1 Å². The second-order valence-corrected chi connectivity index (χ2v) is 3.55. The van der Waals surface area contributed by atoms with Crippen LogP contribution in [0.5, 0.6) is 0 Å². The fraction of sp³-hybridized carbons (Fsp3) is 0.167. The third-order valence-corrected chi connectivity index (χ3v) is 2.18. The first-order valence-electron chi connectivity index (χ1n) is 5.14. The maximum absolute atomic E-state index is 5.89. The molecule has 3 nitrogen and oxygen atoms in total. The van der Waals surface area contributed by atoms with Gasteiger partial charge in [0, 0.05) is 25.5 Å². The largest absolute Gasteiger partial charge is 0.344 e. The van der Waals surface area contributed by atoms with Crippen molar-refractivity contribution in [2.75, 3.05) is 0 Å². The Labute approximate surface area is 96.6 Å². The predicted octanol–water partition coefficient (Wildman–Crippen LogP) is 1.56. The van der Waals surface area contributed by atoms with Crippen molar-refractivity contribution in [3.63, 3.8) is 0 Å². The van der Waals surface area contributed by atoms with Crippen molar-refractivity contribution in [2.45, 2.75) is 13.1 Å². The molecule has 0 saturated heterocycles. The third kappa shape index (κ3) is 3.17. The summed E-state index contributed by atoms with van der Waals surface area (Å²) in [5, 5.41) is 0. The van der Waals surface area contributed by atoms with Crippen LogP contribution in [0.4, 0.5) is 0 Å². The van der Waals surface area contributed by atoms with E-state index in [2.05, 4.69) is 9.97 Å². The normalized spacial score (nSPS) is 10.6. The van der Waals surface area contributed by atoms with Crippen molar-refractivity contribution in [1.29, 1.82) is 0 Å². The molecule has 0 amide bonds. The van der Waals surface area contributed by atoms with E-state index in [1.54, 1.807) is 17.2 Å². The van der Waals surface area contributed by atoms with E-state index in [1.165, 1.54) is 0 Å². The van der Waals surface area contributed by atoms with Gasteiger partial charge < -0.3 is 4.81 Å². The van der Waals surface area contributed by atoms with Crippen LogP contribution in [0.25, 0.3) is 0 Å². The van der Waals surface area contributed by atoms with Crippen molar-refractivity contribution in [2.24, 2.45) is 0 Å². The summed E-state index contributed by atoms with van der Waals surface area (Å²) in [5.74, 6) is 0. The summed E-state index contributed by atoms with van der Waals surface area (Å²) < 4.78 is 0. The van der Waals surface area contributed by atoms with E-state index in [1.807, 2.05) is 36.4 Å². The highest BCUT2D eigenvalue weighted by atomic mass is 15.0. The molecule has 2 aromatic heterocycles. The van der Waals surface area contributed by atoms with E-state index < -0.39 is 0 Å². The van der Waals surface area contributed by atoms with Crippen LogP contribution in [0.3, 0.4) is 0 Å². The van der Waals surface area contributed by atoms with Gasteiger partial charge in [-0.15, -0.1) is 0 Å². The minimum atomic E-state index is 0.622. The van der Waals surface area contributed by atoms with E-state index in [0.717, 1.165) is 11.4 Å². The Balaban J connectivity index is 1.92. The van der Waals surface area contributed by atoms with E-state index in [4.69, 9.17) is 7.98 Å². The molecule has 0 N–H and O–H groups in total. The molecule has 2 aromatic rings. The molecule has 0 fully saturated rings. The summed E-state index contributed by atoms with van der Waals surface area (Å²) >= 11 is 0. The average molecular weight is 209 g/mol. The molecule has 0 bridgehead atoms. The van der Waals surface area contributed by atoms with Crippen molar-refractivity contribution in [3.8, 4) is 0 Å². The molecule has 4 heteroatoms. The van der Waals surface area contributed by atoms with Crippen LogP contribution in [0.1, 0.15) is 11.4 Å². The minimum absolute atomic E-state index is 0.622. The topological polar surface area (TPSA) is 29.0 Å². The van der Waals surface area contributed by atoms with Gasteiger partial charge in [-0.2, -0.15) is 0 Å². The van der Waals surface area contributed by atoms with Crippen LogP contribution < -0.4 is 0 Å². The molecule has 0 aliphatic carbocycles. The van der Waals surface area contributed by atoms with Crippen LogP contribution in [-0.2, 0) is 13.1 Å². The molecule has 0 saturated carbocycles. The second kappa shape index (κ2) is 5.42. The summed E-state index contributed by atoms with van der Waals surface area (Å²) in [6.45, 7) is 1.24. The van der Waals surface area contributed by atoms with E-state index >= 15 is 0 Å². The molecule has 0 atom stereocenters. The monoisotopic (exact) mass is 209 g/mol. The number of nitrogens with zero attached hydrogens (tertiary/aromatic N) is 3. The van der Waals surface area contributed by atoms with Crippen LogP contribution in [-0.4, -0.2) is 22.8 Å². The van der Waals surface area contributed by atoms with E-state index in [-0.39, 0.29) is 0 Å². The molecule has 0 spiro atoms. The minimum Gasteiger partial charge on any atom is -0.344 e. The average Bonchev–Trinajstić information content (AvgIpc) is 2.31. The zero-order chi connectivity index (χ0) is 11.2. The Hall–Kier alpha value is -1.68. The Morgan fingerprint density at radius 2 is 1.38 bits per heavy atom. The molecule has 2 rings (SSSR count). The molecule has 2 heterocycles. The Morgan fingerprint density at radius 1 is 0.875 bits per heavy atom. The highest BCUT2D eigenvalue weighted by Crippen LogP contribution is 2.03. The summed E-state index contributed by atoms with van der Waals surface area (Å²) in [7, 11) is 5.89. The number of rotatable bonds is 4. The van der Waals surface area contributed by atoms with Gasteiger partial charge >= 0.3 is 0 Å². The van der Waals surface area contributed by atoms with Gasteiger partial charge in [-0.25, -0.2) is 0 Å². The first kappa shape index (κ1) is 10.8. The highest BCUT2D eigenvalue weighted by Gasteiger charge is 2.02. The van der Waals surface area contributed by atoms with Gasteiger partial charge in [0.15, 0.2) is 7.98 Å². The molecular formula is C12H12BN3. The Bertz CT molecular complexity index is 377.